The predicted molar refractivity (Wildman–Crippen MR) is 77.2 cm³/mol. The van der Waals surface area contributed by atoms with Crippen LogP contribution in [0.25, 0.3) is 0 Å². The molecule has 102 valence electrons. The van der Waals surface area contributed by atoms with E-state index < -0.39 is 0 Å². The van der Waals surface area contributed by atoms with E-state index in [1.165, 1.54) is 24.2 Å². The molecular formula is C15H19NO2S. The minimum atomic E-state index is -0.147. The molecule has 1 N–H and O–H groups in total. The van der Waals surface area contributed by atoms with Gasteiger partial charge in [0, 0.05) is 13.1 Å². The van der Waals surface area contributed by atoms with Gasteiger partial charge in [0.1, 0.15) is 6.61 Å². The minimum Gasteiger partial charge on any atom is -0.384 e. The van der Waals surface area contributed by atoms with Crippen molar-refractivity contribution in [2.45, 2.75) is 26.2 Å². The fourth-order valence-electron chi connectivity index (χ4n) is 2.46. The summed E-state index contributed by atoms with van der Waals surface area (Å²) in [6.07, 6.45) is 3.52. The van der Waals surface area contributed by atoms with E-state index in [0.29, 0.717) is 5.92 Å². The normalized spacial score (nSPS) is 18.2. The maximum absolute atomic E-state index is 12.3. The highest BCUT2D eigenvalue weighted by molar-refractivity contribution is 7.14. The lowest BCUT2D eigenvalue weighted by molar-refractivity contribution is 0.0791. The highest BCUT2D eigenvalue weighted by Gasteiger charge is 2.26. The smallest absolute Gasteiger partial charge is 0.263 e. The summed E-state index contributed by atoms with van der Waals surface area (Å²) in [6, 6.07) is 3.68. The highest BCUT2D eigenvalue weighted by Crippen LogP contribution is 2.24. The van der Waals surface area contributed by atoms with Gasteiger partial charge in [-0.1, -0.05) is 25.2 Å². The van der Waals surface area contributed by atoms with Gasteiger partial charge >= 0.3 is 0 Å². The van der Waals surface area contributed by atoms with Gasteiger partial charge in [0.05, 0.1) is 9.75 Å². The van der Waals surface area contributed by atoms with E-state index in [2.05, 4.69) is 18.8 Å². The number of nitrogens with zero attached hydrogens (tertiary/aromatic N) is 1. The molecule has 0 aromatic carbocycles. The third kappa shape index (κ3) is 3.59. The zero-order valence-electron chi connectivity index (χ0n) is 11.2. The number of aliphatic hydroxyl groups is 1. The summed E-state index contributed by atoms with van der Waals surface area (Å²) in [7, 11) is 0. The summed E-state index contributed by atoms with van der Waals surface area (Å²) in [4.78, 5) is 15.9. The second-order valence-corrected chi connectivity index (χ2v) is 5.90. The molecule has 1 fully saturated rings. The number of hydrogen-bond donors (Lipinski definition) is 1. The van der Waals surface area contributed by atoms with Crippen LogP contribution in [0.5, 0.6) is 0 Å². The number of aliphatic hydroxyl groups excluding tert-OH is 1. The second-order valence-electron chi connectivity index (χ2n) is 4.82. The Balaban J connectivity index is 1.98. The van der Waals surface area contributed by atoms with Crippen LogP contribution >= 0.6 is 11.3 Å². The molecule has 0 saturated carbocycles. The highest BCUT2D eigenvalue weighted by atomic mass is 32.1. The van der Waals surface area contributed by atoms with Gasteiger partial charge in [0.25, 0.3) is 5.91 Å². The Labute approximate surface area is 118 Å². The number of carbonyl (C=O) groups excluding carboxylic acids is 1. The van der Waals surface area contributed by atoms with Gasteiger partial charge in [-0.05, 0) is 30.9 Å². The molecule has 2 rings (SSSR count). The van der Waals surface area contributed by atoms with Crippen molar-refractivity contribution in [3.8, 4) is 11.8 Å². The molecule has 1 unspecified atom stereocenters. The monoisotopic (exact) mass is 277 g/mol. The number of amides is 1. The molecular weight excluding hydrogens is 258 g/mol. The lowest BCUT2D eigenvalue weighted by atomic mass is 10.0. The van der Waals surface area contributed by atoms with E-state index in [-0.39, 0.29) is 12.5 Å². The van der Waals surface area contributed by atoms with Gasteiger partial charge in [-0.2, -0.15) is 0 Å². The third-order valence-corrected chi connectivity index (χ3v) is 4.37. The first-order chi connectivity index (χ1) is 9.24. The summed E-state index contributed by atoms with van der Waals surface area (Å²) in [6.45, 7) is 3.81. The molecule has 0 aliphatic carbocycles. The molecule has 1 aromatic heterocycles. The summed E-state index contributed by atoms with van der Waals surface area (Å²) in [5.74, 6) is 6.23. The van der Waals surface area contributed by atoms with Crippen LogP contribution < -0.4 is 0 Å². The van der Waals surface area contributed by atoms with E-state index in [1.54, 1.807) is 0 Å². The fraction of sp³-hybridized carbons (Fsp3) is 0.533. The van der Waals surface area contributed by atoms with Crippen molar-refractivity contribution in [1.82, 2.24) is 4.90 Å². The molecule has 3 nitrogen and oxygen atoms in total. The van der Waals surface area contributed by atoms with Crippen molar-refractivity contribution in [1.29, 1.82) is 0 Å². The SMILES string of the molecule is CCCC1CCN(C(=O)c2ccc(C#CCO)s2)C1. The first kappa shape index (κ1) is 14.1. The molecule has 1 aliphatic rings. The van der Waals surface area contributed by atoms with E-state index >= 15 is 0 Å². The van der Waals surface area contributed by atoms with Crippen LogP contribution in [0.4, 0.5) is 0 Å². The van der Waals surface area contributed by atoms with E-state index in [4.69, 9.17) is 5.11 Å². The Morgan fingerprint density at radius 2 is 2.42 bits per heavy atom. The maximum Gasteiger partial charge on any atom is 0.263 e. The lowest BCUT2D eigenvalue weighted by Crippen LogP contribution is -2.27. The second kappa shape index (κ2) is 6.74. The Bertz CT molecular complexity index is 498. The zero-order valence-corrected chi connectivity index (χ0v) is 12.0. The molecule has 1 atom stereocenters. The molecule has 0 spiro atoms. The van der Waals surface area contributed by atoms with Crippen molar-refractivity contribution in [3.05, 3.63) is 21.9 Å². The van der Waals surface area contributed by atoms with Gasteiger partial charge in [0.15, 0.2) is 0 Å². The summed E-state index contributed by atoms with van der Waals surface area (Å²) in [5, 5.41) is 8.65. The van der Waals surface area contributed by atoms with E-state index in [1.807, 2.05) is 17.0 Å². The molecule has 19 heavy (non-hydrogen) atoms. The molecule has 1 aromatic rings. The Kier molecular flexibility index (Phi) is 5.00. The van der Waals surface area contributed by atoms with Crippen LogP contribution in [-0.2, 0) is 0 Å². The minimum absolute atomic E-state index is 0.126. The van der Waals surface area contributed by atoms with Gasteiger partial charge in [-0.3, -0.25) is 4.79 Å². The quantitative estimate of drug-likeness (QED) is 0.862. The van der Waals surface area contributed by atoms with Crippen molar-refractivity contribution < 1.29 is 9.90 Å². The summed E-state index contributed by atoms with van der Waals surface area (Å²) >= 11 is 1.41. The number of likely N-dealkylation sites (tertiary alicyclic amines) is 1. The lowest BCUT2D eigenvalue weighted by Gasteiger charge is -2.15. The van der Waals surface area contributed by atoms with Crippen LogP contribution in [0.2, 0.25) is 0 Å². The summed E-state index contributed by atoms with van der Waals surface area (Å²) < 4.78 is 0. The first-order valence-electron chi connectivity index (χ1n) is 6.73. The van der Waals surface area contributed by atoms with Crippen LogP contribution in [0, 0.1) is 17.8 Å². The van der Waals surface area contributed by atoms with E-state index in [0.717, 1.165) is 29.3 Å². The van der Waals surface area contributed by atoms with E-state index in [9.17, 15) is 4.79 Å². The standard InChI is InChI=1S/C15H19NO2S/c1-2-4-12-8-9-16(11-12)15(18)14-7-6-13(19-14)5-3-10-17/h6-7,12,17H,2,4,8-11H2,1H3. The van der Waals surface area contributed by atoms with Crippen molar-refractivity contribution in [2.24, 2.45) is 5.92 Å². The largest absolute Gasteiger partial charge is 0.384 e. The third-order valence-electron chi connectivity index (χ3n) is 3.38. The Morgan fingerprint density at radius 1 is 1.58 bits per heavy atom. The predicted octanol–water partition coefficient (Wildman–Crippen LogP) is 2.35. The first-order valence-corrected chi connectivity index (χ1v) is 7.55. The van der Waals surface area contributed by atoms with Crippen molar-refractivity contribution >= 4 is 17.2 Å². The van der Waals surface area contributed by atoms with Crippen LogP contribution in [0.15, 0.2) is 12.1 Å². The maximum atomic E-state index is 12.3. The van der Waals surface area contributed by atoms with Gasteiger partial charge < -0.3 is 10.0 Å². The average Bonchev–Trinajstić information content (AvgIpc) is 3.05. The molecule has 0 bridgehead atoms. The number of hydrogen-bond acceptors (Lipinski definition) is 3. The molecule has 4 heteroatoms. The topological polar surface area (TPSA) is 40.5 Å². The number of rotatable bonds is 3. The van der Waals surface area contributed by atoms with Crippen LogP contribution in [-0.4, -0.2) is 35.6 Å². The van der Waals surface area contributed by atoms with Crippen LogP contribution in [0.3, 0.4) is 0 Å². The van der Waals surface area contributed by atoms with Gasteiger partial charge in [-0.15, -0.1) is 11.3 Å². The molecule has 2 heterocycles. The fourth-order valence-corrected chi connectivity index (χ4v) is 3.31. The molecule has 1 saturated heterocycles. The molecule has 0 radical (unpaired) electrons. The number of carbonyl (C=O) groups is 1. The number of thiophene rings is 1. The Morgan fingerprint density at radius 3 is 3.16 bits per heavy atom. The van der Waals surface area contributed by atoms with Crippen molar-refractivity contribution in [2.75, 3.05) is 19.7 Å². The molecule has 1 amide bonds. The Hall–Kier alpha value is -1.31. The van der Waals surface area contributed by atoms with Gasteiger partial charge in [0.2, 0.25) is 0 Å². The van der Waals surface area contributed by atoms with Crippen molar-refractivity contribution in [3.63, 3.8) is 0 Å². The van der Waals surface area contributed by atoms with Gasteiger partial charge in [-0.25, -0.2) is 0 Å². The zero-order chi connectivity index (χ0) is 13.7. The molecule has 1 aliphatic heterocycles. The average molecular weight is 277 g/mol. The summed E-state index contributed by atoms with van der Waals surface area (Å²) in [5.41, 5.74) is 0. The van der Waals surface area contributed by atoms with Crippen LogP contribution in [0.1, 0.15) is 40.7 Å².